The summed E-state index contributed by atoms with van der Waals surface area (Å²) >= 11 is 0. The molecule has 0 aromatic carbocycles. The molecule has 3 unspecified atom stereocenters. The maximum atomic E-state index is 11.3. The maximum Gasteiger partial charge on any atom is 0.123 e. The van der Waals surface area contributed by atoms with E-state index in [-0.39, 0.29) is 0 Å². The standard InChI is InChI=1S/C19H30O/c1-12-9-19-14(10-15(12)11-20)6-8-17-16-4-2-3-13(16)5-7-18(17)19/h11-19H,2-10H2,1H3/t12?,13-,14?,15?,16+,17-,18-,19-/m0/s1. The van der Waals surface area contributed by atoms with E-state index in [1.807, 2.05) is 0 Å². The minimum absolute atomic E-state index is 0.371. The molecule has 4 saturated carbocycles. The largest absolute Gasteiger partial charge is 0.303 e. The topological polar surface area (TPSA) is 17.1 Å². The Kier molecular flexibility index (Phi) is 3.43. The van der Waals surface area contributed by atoms with E-state index in [9.17, 15) is 4.79 Å². The first-order valence-electron chi connectivity index (χ1n) is 9.23. The van der Waals surface area contributed by atoms with Crippen LogP contribution in [0.5, 0.6) is 0 Å². The molecular formula is C19H30O. The van der Waals surface area contributed by atoms with Crippen LogP contribution in [0.25, 0.3) is 0 Å². The van der Waals surface area contributed by atoms with E-state index in [1.54, 1.807) is 0 Å². The molecule has 0 aliphatic heterocycles. The van der Waals surface area contributed by atoms with Gasteiger partial charge in [0, 0.05) is 5.92 Å². The van der Waals surface area contributed by atoms with Crippen molar-refractivity contribution in [2.45, 2.75) is 64.7 Å². The fourth-order valence-corrected chi connectivity index (χ4v) is 6.89. The first-order chi connectivity index (χ1) is 9.78. The number of aldehydes is 1. The van der Waals surface area contributed by atoms with Gasteiger partial charge >= 0.3 is 0 Å². The maximum absolute atomic E-state index is 11.3. The summed E-state index contributed by atoms with van der Waals surface area (Å²) in [6, 6.07) is 0. The van der Waals surface area contributed by atoms with E-state index in [4.69, 9.17) is 0 Å². The minimum Gasteiger partial charge on any atom is -0.303 e. The quantitative estimate of drug-likeness (QED) is 0.633. The summed E-state index contributed by atoms with van der Waals surface area (Å²) in [5.41, 5.74) is 0. The second-order valence-corrected chi connectivity index (χ2v) is 8.51. The van der Waals surface area contributed by atoms with Crippen LogP contribution >= 0.6 is 0 Å². The molecule has 4 aliphatic carbocycles. The number of carbonyl (C=O) groups excluding carboxylic acids is 1. The summed E-state index contributed by atoms with van der Waals surface area (Å²) in [7, 11) is 0. The molecule has 0 N–H and O–H groups in total. The molecule has 8 atom stereocenters. The third kappa shape index (κ3) is 1.99. The van der Waals surface area contributed by atoms with Crippen molar-refractivity contribution in [2.75, 3.05) is 0 Å². The third-order valence-corrected chi connectivity index (χ3v) is 7.84. The molecule has 0 amide bonds. The predicted molar refractivity (Wildman–Crippen MR) is 81.2 cm³/mol. The summed E-state index contributed by atoms with van der Waals surface area (Å²) in [5.74, 6) is 7.16. The zero-order valence-electron chi connectivity index (χ0n) is 13.0. The predicted octanol–water partition coefficient (Wildman–Crippen LogP) is 4.70. The number of rotatable bonds is 1. The SMILES string of the molecule is CC1C[C@H]2C(CC[C@H]3[C@@H]4CCC[C@H]4CC[C@@H]32)CC1C=O. The Morgan fingerprint density at radius 2 is 1.50 bits per heavy atom. The fourth-order valence-electron chi connectivity index (χ4n) is 6.89. The van der Waals surface area contributed by atoms with Crippen molar-refractivity contribution in [1.82, 2.24) is 0 Å². The van der Waals surface area contributed by atoms with Gasteiger partial charge in [-0.25, -0.2) is 0 Å². The first-order valence-corrected chi connectivity index (χ1v) is 9.23. The van der Waals surface area contributed by atoms with E-state index in [2.05, 4.69) is 6.92 Å². The van der Waals surface area contributed by atoms with Crippen LogP contribution < -0.4 is 0 Å². The summed E-state index contributed by atoms with van der Waals surface area (Å²) in [6.07, 6.45) is 14.4. The highest BCUT2D eigenvalue weighted by Crippen LogP contribution is 2.58. The van der Waals surface area contributed by atoms with Crippen LogP contribution in [-0.4, -0.2) is 6.29 Å². The zero-order valence-corrected chi connectivity index (χ0v) is 13.0. The van der Waals surface area contributed by atoms with Crippen LogP contribution in [-0.2, 0) is 4.79 Å². The molecule has 4 rings (SSSR count). The molecule has 0 heterocycles. The Bertz CT molecular complexity index is 376. The highest BCUT2D eigenvalue weighted by molar-refractivity contribution is 5.54. The molecule has 4 fully saturated rings. The smallest absolute Gasteiger partial charge is 0.123 e. The van der Waals surface area contributed by atoms with Crippen molar-refractivity contribution in [1.29, 1.82) is 0 Å². The van der Waals surface area contributed by atoms with E-state index in [0.717, 1.165) is 35.5 Å². The van der Waals surface area contributed by atoms with Gasteiger partial charge in [0.05, 0.1) is 0 Å². The van der Waals surface area contributed by atoms with Gasteiger partial charge in [-0.1, -0.05) is 19.8 Å². The fraction of sp³-hybridized carbons (Fsp3) is 0.947. The van der Waals surface area contributed by atoms with Crippen molar-refractivity contribution in [3.63, 3.8) is 0 Å². The molecule has 112 valence electrons. The van der Waals surface area contributed by atoms with Crippen LogP contribution in [0.3, 0.4) is 0 Å². The van der Waals surface area contributed by atoms with Crippen molar-refractivity contribution in [3.05, 3.63) is 0 Å². The van der Waals surface area contributed by atoms with Gasteiger partial charge in [0.15, 0.2) is 0 Å². The lowest BCUT2D eigenvalue weighted by Crippen LogP contribution is -2.46. The van der Waals surface area contributed by atoms with Gasteiger partial charge < -0.3 is 4.79 Å². The molecule has 0 spiro atoms. The average molecular weight is 274 g/mol. The lowest BCUT2D eigenvalue weighted by Gasteiger charge is -2.53. The van der Waals surface area contributed by atoms with Crippen LogP contribution in [0.1, 0.15) is 64.7 Å². The lowest BCUT2D eigenvalue weighted by molar-refractivity contribution is -0.117. The van der Waals surface area contributed by atoms with Gasteiger partial charge in [0.1, 0.15) is 6.29 Å². The molecular weight excluding hydrogens is 244 g/mol. The summed E-state index contributed by atoms with van der Waals surface area (Å²) in [4.78, 5) is 11.3. The number of carbonyl (C=O) groups is 1. The molecule has 0 radical (unpaired) electrons. The summed E-state index contributed by atoms with van der Waals surface area (Å²) < 4.78 is 0. The number of hydrogen-bond acceptors (Lipinski definition) is 1. The second-order valence-electron chi connectivity index (χ2n) is 8.51. The van der Waals surface area contributed by atoms with Crippen molar-refractivity contribution >= 4 is 6.29 Å². The van der Waals surface area contributed by atoms with Gasteiger partial charge in [-0.2, -0.15) is 0 Å². The van der Waals surface area contributed by atoms with Crippen LogP contribution in [0.4, 0.5) is 0 Å². The van der Waals surface area contributed by atoms with E-state index < -0.39 is 0 Å². The van der Waals surface area contributed by atoms with Crippen molar-refractivity contribution in [2.24, 2.45) is 47.3 Å². The zero-order chi connectivity index (χ0) is 13.7. The molecule has 0 aromatic heterocycles. The Morgan fingerprint density at radius 1 is 0.750 bits per heavy atom. The average Bonchev–Trinajstić information content (AvgIpc) is 2.94. The van der Waals surface area contributed by atoms with Gasteiger partial charge in [-0.3, -0.25) is 0 Å². The van der Waals surface area contributed by atoms with Gasteiger partial charge in [0.25, 0.3) is 0 Å². The van der Waals surface area contributed by atoms with Crippen LogP contribution in [0.2, 0.25) is 0 Å². The molecule has 1 heteroatoms. The number of hydrogen-bond donors (Lipinski definition) is 0. The van der Waals surface area contributed by atoms with Gasteiger partial charge in [-0.05, 0) is 86.4 Å². The summed E-state index contributed by atoms with van der Waals surface area (Å²) in [5, 5.41) is 0. The van der Waals surface area contributed by atoms with Gasteiger partial charge in [-0.15, -0.1) is 0 Å². The van der Waals surface area contributed by atoms with Gasteiger partial charge in [0.2, 0.25) is 0 Å². The Labute approximate surface area is 123 Å². The van der Waals surface area contributed by atoms with E-state index in [1.165, 1.54) is 64.1 Å². The molecule has 0 saturated heterocycles. The Morgan fingerprint density at radius 3 is 2.30 bits per heavy atom. The Hall–Kier alpha value is -0.330. The third-order valence-electron chi connectivity index (χ3n) is 7.84. The van der Waals surface area contributed by atoms with Crippen molar-refractivity contribution in [3.8, 4) is 0 Å². The van der Waals surface area contributed by atoms with E-state index in [0.29, 0.717) is 11.8 Å². The normalized spacial score (nSPS) is 54.6. The van der Waals surface area contributed by atoms with E-state index >= 15 is 0 Å². The first kappa shape index (κ1) is 13.3. The molecule has 0 aromatic rings. The summed E-state index contributed by atoms with van der Waals surface area (Å²) in [6.45, 7) is 2.33. The highest BCUT2D eigenvalue weighted by Gasteiger charge is 2.50. The van der Waals surface area contributed by atoms with Crippen molar-refractivity contribution < 1.29 is 4.79 Å². The van der Waals surface area contributed by atoms with Crippen LogP contribution in [0, 0.1) is 47.3 Å². The Balaban J connectivity index is 1.53. The highest BCUT2D eigenvalue weighted by atomic mass is 16.1. The minimum atomic E-state index is 0.371. The van der Waals surface area contributed by atoms with Crippen LogP contribution in [0.15, 0.2) is 0 Å². The molecule has 0 bridgehead atoms. The second kappa shape index (κ2) is 5.14. The molecule has 20 heavy (non-hydrogen) atoms. The molecule has 1 nitrogen and oxygen atoms in total. The number of fused-ring (bicyclic) bond motifs is 5. The monoisotopic (exact) mass is 274 g/mol. The lowest BCUT2D eigenvalue weighted by atomic mass is 9.52. The molecule has 4 aliphatic rings.